The minimum absolute atomic E-state index is 0.0303. The van der Waals surface area contributed by atoms with Gasteiger partial charge < -0.3 is 24.8 Å². The number of anilines is 3. The fourth-order valence-corrected chi connectivity index (χ4v) is 6.66. The zero-order valence-corrected chi connectivity index (χ0v) is 26.0. The molecular weight excluding hydrogens is 632 g/mol. The average Bonchev–Trinajstić information content (AvgIpc) is 2.99. The molecule has 3 aromatic carbocycles. The number of pyridine rings is 1. The number of benzene rings is 3. The molecule has 0 saturated carbocycles. The van der Waals surface area contributed by atoms with Gasteiger partial charge in [0.05, 0.1) is 24.0 Å². The second-order valence-corrected chi connectivity index (χ2v) is 12.3. The highest BCUT2D eigenvalue weighted by Gasteiger charge is 2.35. The highest BCUT2D eigenvalue weighted by molar-refractivity contribution is 9.10. The summed E-state index contributed by atoms with van der Waals surface area (Å²) < 4.78 is 7.85. The van der Waals surface area contributed by atoms with Crippen LogP contribution in [0, 0.1) is 12.8 Å². The SMILES string of the molecule is COc1ccc(Br)c(C(=O)Nc2cc(C(=O)Nc3cc(Cl)ccc3C)ccc2N2C[C@@H]3C[C@@H](C2)c2cccc(=O)n2C3)c1. The Morgan fingerprint density at radius 1 is 0.930 bits per heavy atom. The molecule has 3 heterocycles. The Balaban J connectivity index is 1.35. The summed E-state index contributed by atoms with van der Waals surface area (Å²) >= 11 is 9.65. The van der Waals surface area contributed by atoms with E-state index in [1.165, 1.54) is 0 Å². The number of carbonyl (C=O) groups excluding carboxylic acids is 2. The Kier molecular flexibility index (Phi) is 8.03. The summed E-state index contributed by atoms with van der Waals surface area (Å²) in [6, 6.07) is 21.3. The molecular formula is C33H30BrClN4O4. The first-order chi connectivity index (χ1) is 20.7. The quantitative estimate of drug-likeness (QED) is 0.240. The van der Waals surface area contributed by atoms with E-state index in [-0.39, 0.29) is 29.2 Å². The first-order valence-corrected chi connectivity index (χ1v) is 15.2. The van der Waals surface area contributed by atoms with Crippen molar-refractivity contribution >= 4 is 56.4 Å². The number of methoxy groups -OCH3 is 1. The zero-order valence-electron chi connectivity index (χ0n) is 23.7. The molecule has 4 aromatic rings. The van der Waals surface area contributed by atoms with Gasteiger partial charge in [-0.1, -0.05) is 23.7 Å². The van der Waals surface area contributed by atoms with E-state index in [1.54, 1.807) is 55.6 Å². The van der Waals surface area contributed by atoms with E-state index >= 15 is 0 Å². The fourth-order valence-electron chi connectivity index (χ4n) is 6.06. The number of amides is 2. The van der Waals surface area contributed by atoms with Crippen molar-refractivity contribution in [2.45, 2.75) is 25.8 Å². The number of nitrogens with one attached hydrogen (secondary N) is 2. The molecule has 2 aliphatic heterocycles. The van der Waals surface area contributed by atoms with E-state index in [1.807, 2.05) is 35.8 Å². The molecule has 2 atom stereocenters. The Hall–Kier alpha value is -4.08. The maximum absolute atomic E-state index is 13.6. The van der Waals surface area contributed by atoms with Gasteiger partial charge in [-0.2, -0.15) is 0 Å². The van der Waals surface area contributed by atoms with Crippen LogP contribution in [0.5, 0.6) is 5.75 Å². The number of piperidine rings is 1. The molecule has 43 heavy (non-hydrogen) atoms. The van der Waals surface area contributed by atoms with Crippen molar-refractivity contribution in [3.05, 3.63) is 115 Å². The Bertz CT molecular complexity index is 1810. The molecule has 0 radical (unpaired) electrons. The third kappa shape index (κ3) is 5.92. The van der Waals surface area contributed by atoms with Gasteiger partial charge in [-0.15, -0.1) is 0 Å². The molecule has 2 N–H and O–H groups in total. The third-order valence-electron chi connectivity index (χ3n) is 8.19. The molecule has 1 aromatic heterocycles. The van der Waals surface area contributed by atoms with E-state index in [9.17, 15) is 14.4 Å². The summed E-state index contributed by atoms with van der Waals surface area (Å²) in [7, 11) is 1.55. The first-order valence-electron chi connectivity index (χ1n) is 14.0. The van der Waals surface area contributed by atoms with E-state index in [2.05, 4.69) is 31.5 Å². The number of halogens is 2. The number of fused-ring (bicyclic) bond motifs is 4. The zero-order chi connectivity index (χ0) is 30.2. The summed E-state index contributed by atoms with van der Waals surface area (Å²) in [6.07, 6.45) is 0.998. The van der Waals surface area contributed by atoms with Gasteiger partial charge in [0, 0.05) is 58.1 Å². The van der Waals surface area contributed by atoms with Gasteiger partial charge in [0.15, 0.2) is 0 Å². The minimum Gasteiger partial charge on any atom is -0.497 e. The molecule has 2 amide bonds. The van der Waals surface area contributed by atoms with Crippen LogP contribution >= 0.6 is 27.5 Å². The first kappa shape index (κ1) is 29.0. The predicted octanol–water partition coefficient (Wildman–Crippen LogP) is 6.71. The molecule has 0 unspecified atom stereocenters. The second kappa shape index (κ2) is 11.9. The van der Waals surface area contributed by atoms with Crippen LogP contribution in [-0.4, -0.2) is 36.6 Å². The second-order valence-electron chi connectivity index (χ2n) is 11.0. The minimum atomic E-state index is -0.343. The molecule has 8 nitrogen and oxygen atoms in total. The lowest BCUT2D eigenvalue weighted by Gasteiger charge is -2.44. The van der Waals surface area contributed by atoms with Crippen LogP contribution < -0.4 is 25.8 Å². The molecule has 6 rings (SSSR count). The molecule has 1 fully saturated rings. The van der Waals surface area contributed by atoms with Crippen molar-refractivity contribution in [2.24, 2.45) is 5.92 Å². The number of aromatic nitrogens is 1. The van der Waals surface area contributed by atoms with Gasteiger partial charge in [-0.25, -0.2) is 0 Å². The van der Waals surface area contributed by atoms with Gasteiger partial charge >= 0.3 is 0 Å². The molecule has 2 aliphatic rings. The Labute approximate surface area is 262 Å². The van der Waals surface area contributed by atoms with Crippen LogP contribution in [0.2, 0.25) is 5.02 Å². The number of rotatable bonds is 6. The smallest absolute Gasteiger partial charge is 0.257 e. The van der Waals surface area contributed by atoms with Crippen LogP contribution in [0.15, 0.2) is 82.1 Å². The number of nitrogens with zero attached hydrogens (tertiary/aromatic N) is 2. The van der Waals surface area contributed by atoms with Crippen molar-refractivity contribution in [3.8, 4) is 5.75 Å². The van der Waals surface area contributed by atoms with Crippen LogP contribution in [0.4, 0.5) is 17.1 Å². The van der Waals surface area contributed by atoms with Crippen LogP contribution in [-0.2, 0) is 6.54 Å². The molecule has 1 saturated heterocycles. The maximum atomic E-state index is 13.6. The van der Waals surface area contributed by atoms with Crippen molar-refractivity contribution < 1.29 is 14.3 Å². The molecule has 220 valence electrons. The fraction of sp³-hybridized carbons (Fsp3) is 0.242. The van der Waals surface area contributed by atoms with Crippen LogP contribution in [0.1, 0.15) is 44.3 Å². The Morgan fingerprint density at radius 3 is 2.56 bits per heavy atom. The normalized spacial score (nSPS) is 17.2. The van der Waals surface area contributed by atoms with Crippen molar-refractivity contribution in [1.29, 1.82) is 0 Å². The summed E-state index contributed by atoms with van der Waals surface area (Å²) in [4.78, 5) is 41.8. The lowest BCUT2D eigenvalue weighted by Crippen LogP contribution is -2.47. The molecule has 0 spiro atoms. The number of hydrogen-bond acceptors (Lipinski definition) is 5. The number of ether oxygens (including phenoxy) is 1. The van der Waals surface area contributed by atoms with Gasteiger partial charge in [0.25, 0.3) is 17.4 Å². The van der Waals surface area contributed by atoms with E-state index in [0.29, 0.717) is 50.8 Å². The lowest BCUT2D eigenvalue weighted by molar-refractivity contribution is 0.101. The van der Waals surface area contributed by atoms with Gasteiger partial charge in [0.1, 0.15) is 5.75 Å². The number of carbonyl (C=O) groups is 2. The topological polar surface area (TPSA) is 92.7 Å². The highest BCUT2D eigenvalue weighted by atomic mass is 79.9. The van der Waals surface area contributed by atoms with Crippen molar-refractivity contribution in [2.75, 3.05) is 35.7 Å². The monoisotopic (exact) mass is 660 g/mol. The largest absolute Gasteiger partial charge is 0.497 e. The number of hydrogen-bond donors (Lipinski definition) is 2. The van der Waals surface area contributed by atoms with Crippen molar-refractivity contribution in [1.82, 2.24) is 4.57 Å². The van der Waals surface area contributed by atoms with Gasteiger partial charge in [-0.05, 0) is 95.4 Å². The average molecular weight is 662 g/mol. The summed E-state index contributed by atoms with van der Waals surface area (Å²) in [5.41, 5.74) is 4.67. The summed E-state index contributed by atoms with van der Waals surface area (Å²) in [5.74, 6) is 0.335. The summed E-state index contributed by atoms with van der Waals surface area (Å²) in [5, 5.41) is 6.53. The Morgan fingerprint density at radius 2 is 1.74 bits per heavy atom. The highest BCUT2D eigenvalue weighted by Crippen LogP contribution is 2.40. The van der Waals surface area contributed by atoms with Gasteiger partial charge in [0.2, 0.25) is 0 Å². The lowest BCUT2D eigenvalue weighted by atomic mass is 9.83. The van der Waals surface area contributed by atoms with Gasteiger partial charge in [-0.3, -0.25) is 14.4 Å². The van der Waals surface area contributed by atoms with Crippen LogP contribution in [0.3, 0.4) is 0 Å². The standard InChI is InChI=1S/C33H30BrClN4O4/c1-19-6-8-23(35)14-27(19)36-32(41)21-7-11-30(28(13-21)37-33(42)25-15-24(43-2)9-10-26(25)34)38-16-20-12-22(18-38)29-4-3-5-31(40)39(29)17-20/h3-11,13-15,20,22H,12,16-18H2,1-2H3,(H,36,41)(H,37,42)/t20-,22-/m0/s1. The van der Waals surface area contributed by atoms with Crippen molar-refractivity contribution in [3.63, 3.8) is 0 Å². The van der Waals surface area contributed by atoms with E-state index in [0.717, 1.165) is 29.9 Å². The molecule has 0 aliphatic carbocycles. The van der Waals surface area contributed by atoms with E-state index < -0.39 is 0 Å². The summed E-state index contributed by atoms with van der Waals surface area (Å²) in [6.45, 7) is 3.95. The molecule has 10 heteroatoms. The predicted molar refractivity (Wildman–Crippen MR) is 173 cm³/mol. The maximum Gasteiger partial charge on any atom is 0.257 e. The molecule has 2 bridgehead atoms. The van der Waals surface area contributed by atoms with Crippen LogP contribution in [0.25, 0.3) is 0 Å². The third-order valence-corrected chi connectivity index (χ3v) is 9.12. The van der Waals surface area contributed by atoms with E-state index in [4.69, 9.17) is 16.3 Å². The number of aryl methyl sites for hydroxylation is 1.